The fraction of sp³-hybridized carbons (Fsp3) is 0.0270. The molecule has 378 valence electrons. The predicted octanol–water partition coefficient (Wildman–Crippen LogP) is 22.8. The van der Waals surface area contributed by atoms with Crippen LogP contribution >= 0.6 is 22.7 Å². The van der Waals surface area contributed by atoms with Gasteiger partial charge in [-0.2, -0.15) is 0 Å². The van der Waals surface area contributed by atoms with Crippen LogP contribution in [-0.4, -0.2) is 0 Å². The van der Waals surface area contributed by atoms with Gasteiger partial charge in [-0.1, -0.05) is 158 Å². The van der Waals surface area contributed by atoms with Crippen molar-refractivity contribution in [3.63, 3.8) is 0 Å². The normalized spacial score (nSPS) is 11.9. The predicted molar refractivity (Wildman–Crippen MR) is 342 cm³/mol. The van der Waals surface area contributed by atoms with Crippen molar-refractivity contribution in [2.45, 2.75) is 13.8 Å². The molecule has 0 fully saturated rings. The van der Waals surface area contributed by atoms with Gasteiger partial charge >= 0.3 is 0 Å². The molecule has 12 aromatic carbocycles. The number of furan rings is 2. The minimum absolute atomic E-state index is 0.871. The third kappa shape index (κ3) is 7.41. The summed E-state index contributed by atoms with van der Waals surface area (Å²) in [4.78, 5) is 4.90. The summed E-state index contributed by atoms with van der Waals surface area (Å²) in [7, 11) is 0. The number of hydrogen-bond donors (Lipinski definition) is 0. The summed E-state index contributed by atoms with van der Waals surface area (Å²) in [6.45, 7) is 4.50. The number of benzene rings is 12. The highest BCUT2D eigenvalue weighted by atomic mass is 32.1. The number of rotatable bonds is 9. The molecule has 80 heavy (non-hydrogen) atoms. The summed E-state index contributed by atoms with van der Waals surface area (Å²) in [5.41, 5.74) is 19.4. The van der Waals surface area contributed by atoms with Crippen molar-refractivity contribution < 1.29 is 8.83 Å². The van der Waals surface area contributed by atoms with Gasteiger partial charge in [0.1, 0.15) is 22.3 Å². The van der Waals surface area contributed by atoms with E-state index in [9.17, 15) is 0 Å². The third-order valence-electron chi connectivity index (χ3n) is 16.1. The van der Waals surface area contributed by atoms with E-state index >= 15 is 0 Å². The van der Waals surface area contributed by atoms with Crippen molar-refractivity contribution in [1.82, 2.24) is 0 Å². The number of aryl methyl sites for hydroxylation is 2. The summed E-state index contributed by atoms with van der Waals surface area (Å²) in [6.07, 6.45) is 0. The number of fused-ring (bicyclic) bond motifs is 12. The van der Waals surface area contributed by atoms with Crippen LogP contribution in [0.1, 0.15) is 11.1 Å². The van der Waals surface area contributed by atoms with Crippen LogP contribution < -0.4 is 9.80 Å². The Bertz CT molecular complexity index is 4830. The van der Waals surface area contributed by atoms with Crippen LogP contribution in [0.4, 0.5) is 34.1 Å². The van der Waals surface area contributed by atoms with E-state index in [1.54, 1.807) is 0 Å². The van der Waals surface area contributed by atoms with E-state index in [1.165, 1.54) is 62.6 Å². The second-order valence-electron chi connectivity index (χ2n) is 20.8. The van der Waals surface area contributed by atoms with Gasteiger partial charge in [-0.05, 0) is 133 Å². The molecular formula is C74H48N2O2S2. The minimum Gasteiger partial charge on any atom is -0.456 e. The van der Waals surface area contributed by atoms with Crippen molar-refractivity contribution in [3.8, 4) is 33.4 Å². The molecule has 4 heterocycles. The number of para-hydroxylation sites is 4. The van der Waals surface area contributed by atoms with E-state index in [1.807, 2.05) is 34.8 Å². The molecule has 6 heteroatoms. The second kappa shape index (κ2) is 18.5. The van der Waals surface area contributed by atoms with E-state index in [2.05, 4.69) is 266 Å². The molecule has 0 unspecified atom stereocenters. The Hall–Kier alpha value is -9.72. The van der Waals surface area contributed by atoms with Gasteiger partial charge < -0.3 is 18.6 Å². The van der Waals surface area contributed by atoms with Crippen LogP contribution in [0.15, 0.2) is 264 Å². The van der Waals surface area contributed by atoms with Gasteiger partial charge in [-0.15, -0.1) is 22.7 Å². The molecule has 0 saturated carbocycles. The zero-order chi connectivity index (χ0) is 53.0. The van der Waals surface area contributed by atoms with Gasteiger partial charge in [0.25, 0.3) is 0 Å². The zero-order valence-electron chi connectivity index (χ0n) is 43.8. The Morgan fingerprint density at radius 2 is 0.650 bits per heavy atom. The Kier molecular flexibility index (Phi) is 10.7. The Morgan fingerprint density at radius 1 is 0.275 bits per heavy atom. The van der Waals surface area contributed by atoms with E-state index in [0.29, 0.717) is 0 Å². The topological polar surface area (TPSA) is 32.8 Å². The molecule has 4 aromatic heterocycles. The molecule has 0 radical (unpaired) electrons. The molecule has 0 aliphatic heterocycles. The lowest BCUT2D eigenvalue weighted by atomic mass is 9.96. The number of hydrogen-bond acceptors (Lipinski definition) is 6. The van der Waals surface area contributed by atoms with Crippen LogP contribution in [0.2, 0.25) is 0 Å². The molecule has 0 spiro atoms. The maximum atomic E-state index is 6.40. The molecule has 0 aliphatic rings. The third-order valence-corrected chi connectivity index (χ3v) is 18.6. The smallest absolute Gasteiger partial charge is 0.135 e. The maximum Gasteiger partial charge on any atom is 0.135 e. The molecule has 16 aromatic rings. The molecule has 0 amide bonds. The fourth-order valence-corrected chi connectivity index (χ4v) is 14.9. The lowest BCUT2D eigenvalue weighted by Crippen LogP contribution is -2.13. The second-order valence-corrected chi connectivity index (χ2v) is 22.9. The highest BCUT2D eigenvalue weighted by molar-refractivity contribution is 7.26. The summed E-state index contributed by atoms with van der Waals surface area (Å²) in [6, 6.07) is 92.7. The van der Waals surface area contributed by atoms with Crippen molar-refractivity contribution in [2.75, 3.05) is 9.80 Å². The van der Waals surface area contributed by atoms with Gasteiger partial charge in [0.2, 0.25) is 0 Å². The molecule has 0 atom stereocenters. The summed E-state index contributed by atoms with van der Waals surface area (Å²) in [5, 5.41) is 9.52. The van der Waals surface area contributed by atoms with Crippen molar-refractivity contribution >= 4 is 141 Å². The van der Waals surface area contributed by atoms with Crippen LogP contribution in [0.5, 0.6) is 0 Å². The van der Waals surface area contributed by atoms with Crippen LogP contribution in [0, 0.1) is 13.8 Å². The number of anilines is 6. The van der Waals surface area contributed by atoms with E-state index in [0.717, 1.165) is 100 Å². The first-order chi connectivity index (χ1) is 39.5. The standard InChI is InChI=1S/C74H48N2O2S2/c1-45-41-47(33-37-63(45)75(49-35-39-69-61(43-49)53-19-5-11-29-67(53)77-69)65-27-9-3-17-51(65)57-23-15-25-59-55-21-7-13-31-71(55)79-73(57)59)48-34-38-64(46(2)42-48)76(50-36-40-70-62(44-50)54-20-6-12-30-68(54)78-70)66-28-10-4-18-52(66)58-24-16-26-60-56-22-8-14-32-72(56)80-74(58)60/h3-44H,1-2H3. The van der Waals surface area contributed by atoms with E-state index in [-0.39, 0.29) is 0 Å². The Morgan fingerprint density at radius 3 is 1.11 bits per heavy atom. The average molecular weight is 1060 g/mol. The van der Waals surface area contributed by atoms with Crippen molar-refractivity contribution in [2.24, 2.45) is 0 Å². The Balaban J connectivity index is 0.840. The van der Waals surface area contributed by atoms with Gasteiger partial charge in [0, 0.05) is 107 Å². The van der Waals surface area contributed by atoms with Gasteiger partial charge in [-0.3, -0.25) is 0 Å². The lowest BCUT2D eigenvalue weighted by Gasteiger charge is -2.30. The SMILES string of the molecule is Cc1cc(-c2ccc(N(c3ccc4oc5ccccc5c4c3)c3ccccc3-c3cccc4c3sc3ccccc34)c(C)c2)ccc1N(c1ccc2oc3ccccc3c2c1)c1ccccc1-c1cccc2c1sc1ccccc12. The van der Waals surface area contributed by atoms with Gasteiger partial charge in [-0.25, -0.2) is 0 Å². The van der Waals surface area contributed by atoms with Crippen LogP contribution in [0.25, 0.3) is 118 Å². The molecule has 0 aliphatic carbocycles. The van der Waals surface area contributed by atoms with E-state index < -0.39 is 0 Å². The molecule has 0 saturated heterocycles. The molecule has 16 rings (SSSR count). The Labute approximate surface area is 469 Å². The van der Waals surface area contributed by atoms with Crippen molar-refractivity contribution in [3.05, 3.63) is 266 Å². The lowest BCUT2D eigenvalue weighted by molar-refractivity contribution is 0.668. The monoisotopic (exact) mass is 1060 g/mol. The summed E-state index contributed by atoms with van der Waals surface area (Å²) >= 11 is 3.73. The van der Waals surface area contributed by atoms with Crippen LogP contribution in [-0.2, 0) is 0 Å². The van der Waals surface area contributed by atoms with Crippen molar-refractivity contribution in [1.29, 1.82) is 0 Å². The average Bonchev–Trinajstić information content (AvgIpc) is 4.46. The first kappa shape index (κ1) is 46.4. The largest absolute Gasteiger partial charge is 0.456 e. The van der Waals surface area contributed by atoms with Gasteiger partial charge in [0.15, 0.2) is 0 Å². The summed E-state index contributed by atoms with van der Waals surface area (Å²) in [5.74, 6) is 0. The van der Waals surface area contributed by atoms with E-state index in [4.69, 9.17) is 8.83 Å². The number of nitrogens with zero attached hydrogens (tertiary/aromatic N) is 2. The highest BCUT2D eigenvalue weighted by Crippen LogP contribution is 2.50. The molecule has 0 N–H and O–H groups in total. The minimum atomic E-state index is 0.871. The van der Waals surface area contributed by atoms with Crippen LogP contribution in [0.3, 0.4) is 0 Å². The quantitative estimate of drug-likeness (QED) is 0.144. The first-order valence-electron chi connectivity index (χ1n) is 27.1. The fourth-order valence-electron chi connectivity index (χ4n) is 12.4. The molecule has 0 bridgehead atoms. The number of thiophene rings is 2. The summed E-state index contributed by atoms with van der Waals surface area (Å²) < 4.78 is 17.9. The highest BCUT2D eigenvalue weighted by Gasteiger charge is 2.25. The maximum absolute atomic E-state index is 6.40. The van der Waals surface area contributed by atoms with Gasteiger partial charge in [0.05, 0.1) is 11.4 Å². The first-order valence-corrected chi connectivity index (χ1v) is 28.8. The zero-order valence-corrected chi connectivity index (χ0v) is 45.4. The molecule has 4 nitrogen and oxygen atoms in total. The molecular weight excluding hydrogens is 1010 g/mol.